The summed E-state index contributed by atoms with van der Waals surface area (Å²) in [5, 5.41) is 27.2. The van der Waals surface area contributed by atoms with Gasteiger partial charge in [0.05, 0.1) is 47.2 Å². The molecule has 4 aromatic heterocycles. The number of amides is 3. The van der Waals surface area contributed by atoms with Crippen molar-refractivity contribution in [3.05, 3.63) is 70.2 Å². The summed E-state index contributed by atoms with van der Waals surface area (Å²) in [5.74, 6) is -0.368. The lowest BCUT2D eigenvalue weighted by Crippen LogP contribution is -2.44. The van der Waals surface area contributed by atoms with Crippen LogP contribution in [0.3, 0.4) is 0 Å². The maximum Gasteiger partial charge on any atom is 0.329 e. The zero-order valence-corrected chi connectivity index (χ0v) is 36.1. The summed E-state index contributed by atoms with van der Waals surface area (Å²) in [6, 6.07) is 6.71. The number of halogens is 2. The number of aliphatic hydroxyl groups excluding tert-OH is 1. The van der Waals surface area contributed by atoms with Gasteiger partial charge in [0, 0.05) is 52.1 Å². The zero-order valence-electron chi connectivity index (χ0n) is 36.1. The molecule has 0 radical (unpaired) electrons. The fourth-order valence-corrected chi connectivity index (χ4v) is 10.2. The summed E-state index contributed by atoms with van der Waals surface area (Å²) >= 11 is 0. The van der Waals surface area contributed by atoms with Gasteiger partial charge < -0.3 is 25.4 Å². The lowest BCUT2D eigenvalue weighted by Gasteiger charge is -2.36. The van der Waals surface area contributed by atoms with Crippen LogP contribution >= 0.6 is 0 Å². The number of carbonyl (C=O) groups is 3. The van der Waals surface area contributed by atoms with Crippen molar-refractivity contribution in [2.24, 2.45) is 13.0 Å². The predicted molar refractivity (Wildman–Crippen MR) is 233 cm³/mol. The van der Waals surface area contributed by atoms with E-state index in [2.05, 4.69) is 36.0 Å². The Kier molecular flexibility index (Phi) is 12.9. The molecule has 342 valence electrons. The molecular formula is C45H57F2N11O6. The van der Waals surface area contributed by atoms with Crippen LogP contribution in [0.2, 0.25) is 0 Å². The van der Waals surface area contributed by atoms with Gasteiger partial charge >= 0.3 is 5.69 Å². The monoisotopic (exact) mass is 885 g/mol. The summed E-state index contributed by atoms with van der Waals surface area (Å²) in [6.07, 6.45) is 12.5. The fraction of sp³-hybridized carbons (Fsp3) is 0.578. The Balaban J connectivity index is 0.716. The van der Waals surface area contributed by atoms with Crippen molar-refractivity contribution in [1.29, 1.82) is 0 Å². The fourth-order valence-electron chi connectivity index (χ4n) is 10.2. The molecule has 64 heavy (non-hydrogen) atoms. The first-order valence-corrected chi connectivity index (χ1v) is 22.8. The highest BCUT2D eigenvalue weighted by atomic mass is 19.3. The number of benzene rings is 1. The molecule has 4 aliphatic rings. The van der Waals surface area contributed by atoms with Gasteiger partial charge in [-0.05, 0) is 100 Å². The summed E-state index contributed by atoms with van der Waals surface area (Å²) in [7, 11) is 1.70. The predicted octanol–water partition coefficient (Wildman–Crippen LogP) is 5.31. The third-order valence-corrected chi connectivity index (χ3v) is 13.8. The van der Waals surface area contributed by atoms with Crippen LogP contribution in [0.5, 0.6) is 0 Å². The number of hydrogen-bond donors (Lipinski definition) is 4. The van der Waals surface area contributed by atoms with E-state index in [1.165, 1.54) is 21.5 Å². The number of nitrogens with zero attached hydrogens (tertiary/aromatic N) is 8. The van der Waals surface area contributed by atoms with Gasteiger partial charge in [-0.3, -0.25) is 33.5 Å². The number of alkyl halides is 2. The molecule has 5 aromatic rings. The standard InChI is InChI=1S/C45H57F2N11O6/c1-54-36-23-27(10-13-34(36)58(45(54)63)35-14-15-39(60)52-44(35)62)5-4-22-64-30-16-19-55(20-17-30)25-28-8-11-29(12-9-28)57-26-33(40(53-57)41(46)47)50-43(61)31-24-48-56-21-18-38(51-42(31)56)49-32-6-2-3-7-37(32)59/h10,13,18,21,23-24,26,28-30,32,35,37,41,59H,2-9,11-12,14-17,19-20,22,25H2,1H3,(H,49,51)(H,50,61)(H,52,60,62)/t28-,29-,32-,35?,37+/m1/s1. The maximum absolute atomic E-state index is 14.3. The summed E-state index contributed by atoms with van der Waals surface area (Å²) in [6.45, 7) is 3.55. The van der Waals surface area contributed by atoms with Crippen molar-refractivity contribution in [3.8, 4) is 0 Å². The van der Waals surface area contributed by atoms with E-state index >= 15 is 0 Å². The van der Waals surface area contributed by atoms with Crippen molar-refractivity contribution < 1.29 is 33.0 Å². The molecule has 2 saturated carbocycles. The average Bonchev–Trinajstić information content (AvgIpc) is 3.98. The maximum atomic E-state index is 14.3. The molecule has 4 N–H and O–H groups in total. The first-order chi connectivity index (χ1) is 31.0. The number of ether oxygens (including phenoxy) is 1. The number of hydrogen-bond acceptors (Lipinski definition) is 11. The quantitative estimate of drug-likeness (QED) is 0.0835. The molecule has 2 aliphatic heterocycles. The van der Waals surface area contributed by atoms with Crippen LogP contribution in [0.1, 0.15) is 124 Å². The number of anilines is 2. The Labute approximate surface area is 368 Å². The van der Waals surface area contributed by atoms with Gasteiger partial charge in [-0.25, -0.2) is 23.1 Å². The number of nitrogens with one attached hydrogen (secondary N) is 3. The molecule has 2 aliphatic carbocycles. The second kappa shape index (κ2) is 18.9. The van der Waals surface area contributed by atoms with E-state index < -0.39 is 36.1 Å². The van der Waals surface area contributed by atoms with Crippen LogP contribution in [0.4, 0.5) is 20.3 Å². The van der Waals surface area contributed by atoms with Crippen LogP contribution in [0, 0.1) is 5.92 Å². The third-order valence-electron chi connectivity index (χ3n) is 13.8. The molecule has 3 atom stereocenters. The van der Waals surface area contributed by atoms with Crippen molar-refractivity contribution in [2.45, 2.75) is 127 Å². The molecule has 19 heteroatoms. The molecule has 0 spiro atoms. The number of rotatable bonds is 14. The first kappa shape index (κ1) is 43.7. The van der Waals surface area contributed by atoms with Gasteiger partial charge in [-0.1, -0.05) is 18.9 Å². The second-order valence-corrected chi connectivity index (χ2v) is 18.1. The largest absolute Gasteiger partial charge is 0.391 e. The summed E-state index contributed by atoms with van der Waals surface area (Å²) in [4.78, 5) is 57.9. The number of carbonyl (C=O) groups excluding carboxylic acids is 3. The normalized spacial score (nSPS) is 23.9. The highest BCUT2D eigenvalue weighted by molar-refractivity contribution is 6.08. The topological polar surface area (TPSA) is 195 Å². The molecule has 9 rings (SSSR count). The van der Waals surface area contributed by atoms with Crippen LogP contribution in [-0.4, -0.2) is 106 Å². The third kappa shape index (κ3) is 9.33. The molecule has 1 aromatic carbocycles. The highest BCUT2D eigenvalue weighted by Gasteiger charge is 2.33. The van der Waals surface area contributed by atoms with Crippen molar-refractivity contribution in [3.63, 3.8) is 0 Å². The van der Waals surface area contributed by atoms with Crippen molar-refractivity contribution in [2.75, 3.05) is 36.9 Å². The molecule has 3 amide bonds. The number of piperidine rings is 2. The highest BCUT2D eigenvalue weighted by Crippen LogP contribution is 2.36. The Bertz CT molecular complexity index is 2550. The summed E-state index contributed by atoms with van der Waals surface area (Å²) < 4.78 is 41.0. The van der Waals surface area contributed by atoms with E-state index in [1.807, 2.05) is 18.2 Å². The Morgan fingerprint density at radius 1 is 1.00 bits per heavy atom. The van der Waals surface area contributed by atoms with Crippen LogP contribution in [0.15, 0.2) is 47.7 Å². The molecule has 6 heterocycles. The molecule has 4 fully saturated rings. The van der Waals surface area contributed by atoms with Crippen LogP contribution < -0.4 is 21.6 Å². The Morgan fingerprint density at radius 2 is 1.80 bits per heavy atom. The minimum Gasteiger partial charge on any atom is -0.391 e. The number of likely N-dealkylation sites (tertiary alicyclic amines) is 1. The number of aryl methyl sites for hydroxylation is 2. The number of aromatic nitrogens is 7. The number of aliphatic hydroxyl groups is 1. The van der Waals surface area contributed by atoms with E-state index in [1.54, 1.807) is 28.6 Å². The van der Waals surface area contributed by atoms with Gasteiger partial charge in [-0.15, -0.1) is 0 Å². The average molecular weight is 886 g/mol. The summed E-state index contributed by atoms with van der Waals surface area (Å²) in [5.41, 5.74) is 2.16. The van der Waals surface area contributed by atoms with Gasteiger partial charge in [0.1, 0.15) is 17.4 Å². The molecule has 2 saturated heterocycles. The molecule has 1 unspecified atom stereocenters. The Morgan fingerprint density at radius 3 is 2.56 bits per heavy atom. The van der Waals surface area contributed by atoms with Gasteiger partial charge in [0.15, 0.2) is 11.3 Å². The van der Waals surface area contributed by atoms with E-state index in [0.717, 1.165) is 101 Å². The molecule has 17 nitrogen and oxygen atoms in total. The van der Waals surface area contributed by atoms with Gasteiger partial charge in [0.2, 0.25) is 11.8 Å². The molecular weight excluding hydrogens is 829 g/mol. The molecule has 0 bridgehead atoms. The van der Waals surface area contributed by atoms with Gasteiger partial charge in [-0.2, -0.15) is 10.2 Å². The first-order valence-electron chi connectivity index (χ1n) is 22.8. The minimum absolute atomic E-state index is 0.0278. The van der Waals surface area contributed by atoms with Crippen molar-refractivity contribution in [1.82, 2.24) is 43.7 Å². The van der Waals surface area contributed by atoms with Crippen molar-refractivity contribution >= 4 is 45.9 Å². The minimum atomic E-state index is -2.87. The van der Waals surface area contributed by atoms with Crippen LogP contribution in [0.25, 0.3) is 16.7 Å². The smallest absolute Gasteiger partial charge is 0.329 e. The number of imidazole rings is 1. The Hall–Kier alpha value is -5.53. The van der Waals surface area contributed by atoms with E-state index in [4.69, 9.17) is 4.74 Å². The lowest BCUT2D eigenvalue weighted by atomic mass is 9.85. The van der Waals surface area contributed by atoms with Crippen LogP contribution in [-0.2, 0) is 27.8 Å². The zero-order chi connectivity index (χ0) is 44.5. The van der Waals surface area contributed by atoms with Gasteiger partial charge in [0.25, 0.3) is 12.3 Å². The SMILES string of the molecule is Cn1c(=O)n(C2CCC(=O)NC2=O)c2ccc(CCCOC3CCN(C[C@H]4CC[C@H](n5cc(NC(=O)c6cnn7ccc(N[C@@H]8CCCC[C@@H]8O)nc67)c(C(F)F)n5)CC4)CC3)cc21. The van der Waals surface area contributed by atoms with E-state index in [9.17, 15) is 33.1 Å². The van der Waals surface area contributed by atoms with E-state index in [-0.39, 0.29) is 53.1 Å². The van der Waals surface area contributed by atoms with E-state index in [0.29, 0.717) is 36.7 Å². The number of fused-ring (bicyclic) bond motifs is 2. The lowest BCUT2D eigenvalue weighted by molar-refractivity contribution is -0.135. The number of imide groups is 1. The second-order valence-electron chi connectivity index (χ2n) is 18.1.